The second kappa shape index (κ2) is 9.37. The highest BCUT2D eigenvalue weighted by atomic mass is 19.1. The largest absolute Gasteiger partial charge is 0.371 e. The molecule has 0 N–H and O–H groups in total. The van der Waals surface area contributed by atoms with Crippen molar-refractivity contribution in [1.29, 1.82) is 0 Å². The van der Waals surface area contributed by atoms with Crippen molar-refractivity contribution in [3.8, 4) is 0 Å². The lowest BCUT2D eigenvalue weighted by Gasteiger charge is -2.42. The minimum absolute atomic E-state index is 0.0677. The maximum Gasteiger partial charge on any atom is 0.252 e. The van der Waals surface area contributed by atoms with Crippen LogP contribution >= 0.6 is 0 Å². The molecule has 0 spiro atoms. The lowest BCUT2D eigenvalue weighted by atomic mass is 10.1. The molecule has 0 aromatic heterocycles. The van der Waals surface area contributed by atoms with Crippen LogP contribution in [-0.4, -0.2) is 60.4 Å². The first-order valence-corrected chi connectivity index (χ1v) is 8.03. The lowest BCUT2D eigenvalue weighted by molar-refractivity contribution is -0.146. The Kier molecular flexibility index (Phi) is 7.85. The molecule has 1 saturated heterocycles. The fourth-order valence-corrected chi connectivity index (χ4v) is 2.81. The molecule has 1 rings (SSSR count). The van der Waals surface area contributed by atoms with Crippen LogP contribution in [0, 0.1) is 0 Å². The number of Topliss-reactive ketones (excluding diaryl/α,β-unsaturated/α-hetero) is 1. The van der Waals surface area contributed by atoms with Crippen LogP contribution in [0.1, 0.15) is 27.2 Å². The normalized spacial score (nSPS) is 20.4. The molecule has 1 fully saturated rings. The molecule has 0 bridgehead atoms. The molecule has 24 heavy (non-hydrogen) atoms. The molecule has 2 atom stereocenters. The molecule has 5 nitrogen and oxygen atoms in total. The number of ketones is 1. The molecule has 0 aromatic carbocycles. The Balaban J connectivity index is 2.69. The van der Waals surface area contributed by atoms with Crippen LogP contribution in [0.2, 0.25) is 0 Å². The van der Waals surface area contributed by atoms with Crippen molar-refractivity contribution in [2.45, 2.75) is 39.3 Å². The van der Waals surface area contributed by atoms with Gasteiger partial charge in [-0.25, -0.2) is 4.39 Å². The highest BCUT2D eigenvalue weighted by Crippen LogP contribution is 2.17. The van der Waals surface area contributed by atoms with E-state index in [-0.39, 0.29) is 24.2 Å². The number of amides is 1. The number of ether oxygens (including phenoxy) is 1. The first-order chi connectivity index (χ1) is 11.3. The molecular formula is C18H27FN2O3. The predicted molar refractivity (Wildman–Crippen MR) is 92.0 cm³/mol. The predicted octanol–water partition coefficient (Wildman–Crippen LogP) is 2.46. The fourth-order valence-electron chi connectivity index (χ4n) is 2.81. The summed E-state index contributed by atoms with van der Waals surface area (Å²) in [5.74, 6) is -0.699. The van der Waals surface area contributed by atoms with E-state index in [2.05, 4.69) is 11.5 Å². The van der Waals surface area contributed by atoms with Gasteiger partial charge in [0.05, 0.1) is 0 Å². The summed E-state index contributed by atoms with van der Waals surface area (Å²) in [6.45, 7) is 10.4. The van der Waals surface area contributed by atoms with Crippen LogP contribution in [0.15, 0.2) is 36.3 Å². The minimum Gasteiger partial charge on any atom is -0.371 e. The van der Waals surface area contributed by atoms with E-state index in [9.17, 15) is 14.0 Å². The maximum atomic E-state index is 12.6. The summed E-state index contributed by atoms with van der Waals surface area (Å²) in [5, 5.41) is 0. The van der Waals surface area contributed by atoms with E-state index in [1.165, 1.54) is 20.1 Å². The molecule has 0 aliphatic carbocycles. The Labute approximate surface area is 143 Å². The Hall–Kier alpha value is -1.95. The third-order valence-electron chi connectivity index (χ3n) is 4.04. The summed E-state index contributed by atoms with van der Waals surface area (Å²) < 4.78 is 17.8. The third-order valence-corrected chi connectivity index (χ3v) is 4.04. The number of halogens is 1. The summed E-state index contributed by atoms with van der Waals surface area (Å²) in [4.78, 5) is 27.6. The summed E-state index contributed by atoms with van der Waals surface area (Å²) in [5.41, 5.74) is 0.999. The second-order valence-electron chi connectivity index (χ2n) is 6.07. The molecule has 1 aliphatic heterocycles. The number of methoxy groups -OCH3 is 1. The second-order valence-corrected chi connectivity index (χ2v) is 6.07. The molecule has 0 saturated carbocycles. The van der Waals surface area contributed by atoms with Crippen molar-refractivity contribution in [3.63, 3.8) is 0 Å². The van der Waals surface area contributed by atoms with Gasteiger partial charge in [0, 0.05) is 44.9 Å². The van der Waals surface area contributed by atoms with Gasteiger partial charge in [-0.3, -0.25) is 9.59 Å². The monoisotopic (exact) mass is 338 g/mol. The smallest absolute Gasteiger partial charge is 0.252 e. The van der Waals surface area contributed by atoms with Gasteiger partial charge >= 0.3 is 0 Å². The average Bonchev–Trinajstić information content (AvgIpc) is 2.51. The Morgan fingerprint density at radius 1 is 1.38 bits per heavy atom. The number of rotatable bonds is 7. The van der Waals surface area contributed by atoms with E-state index in [1.807, 2.05) is 19.9 Å². The number of carbonyl (C=O) groups is 2. The summed E-state index contributed by atoms with van der Waals surface area (Å²) in [7, 11) is 1.45. The van der Waals surface area contributed by atoms with Crippen molar-refractivity contribution < 1.29 is 18.7 Å². The van der Waals surface area contributed by atoms with E-state index in [4.69, 9.17) is 4.74 Å². The van der Waals surface area contributed by atoms with Crippen LogP contribution in [0.4, 0.5) is 4.39 Å². The molecule has 0 radical (unpaired) electrons. The quantitative estimate of drug-likeness (QED) is 0.669. The van der Waals surface area contributed by atoms with Gasteiger partial charge in [-0.2, -0.15) is 0 Å². The highest BCUT2D eigenvalue weighted by Gasteiger charge is 2.31. The average molecular weight is 338 g/mol. The van der Waals surface area contributed by atoms with Crippen LogP contribution in [-0.2, 0) is 14.3 Å². The molecule has 1 aliphatic rings. The zero-order valence-electron chi connectivity index (χ0n) is 14.9. The zero-order valence-corrected chi connectivity index (χ0v) is 14.9. The SMILES string of the molecule is C=C(F)/C=C\C=C(/C)N1CCN(C(=O)C(CC(C)=O)OC)C[C@@H]1C. The van der Waals surface area contributed by atoms with Crippen LogP contribution in [0.25, 0.3) is 0 Å². The van der Waals surface area contributed by atoms with Gasteiger partial charge in [-0.15, -0.1) is 0 Å². The first-order valence-electron chi connectivity index (χ1n) is 8.03. The van der Waals surface area contributed by atoms with Gasteiger partial charge in [0.1, 0.15) is 17.7 Å². The third kappa shape index (κ3) is 5.92. The summed E-state index contributed by atoms with van der Waals surface area (Å²) >= 11 is 0. The van der Waals surface area contributed by atoms with Crippen LogP contribution in [0.5, 0.6) is 0 Å². The first kappa shape index (κ1) is 20.1. The lowest BCUT2D eigenvalue weighted by Crippen LogP contribution is -2.55. The molecular weight excluding hydrogens is 311 g/mol. The van der Waals surface area contributed by atoms with E-state index in [0.717, 1.165) is 5.70 Å². The van der Waals surface area contributed by atoms with Gasteiger partial charge < -0.3 is 14.5 Å². The molecule has 1 heterocycles. The van der Waals surface area contributed by atoms with Crippen LogP contribution < -0.4 is 0 Å². The van der Waals surface area contributed by atoms with Gasteiger partial charge in [0.25, 0.3) is 5.91 Å². The van der Waals surface area contributed by atoms with Gasteiger partial charge in [0.2, 0.25) is 0 Å². The molecule has 0 aromatic rings. The fraction of sp³-hybridized carbons (Fsp3) is 0.556. The minimum atomic E-state index is -0.712. The molecule has 1 unspecified atom stereocenters. The number of carbonyl (C=O) groups excluding carboxylic acids is 2. The van der Waals surface area contributed by atoms with E-state index in [1.54, 1.807) is 11.0 Å². The standard InChI is InChI=1S/C18H27FN2O3/c1-13(19)7-6-8-14(2)21-10-9-20(12-15(21)3)18(23)17(24-5)11-16(4)22/h6-8,15,17H,1,9-12H2,2-5H3/b7-6-,14-8+/t15-,17?/m0/s1. The summed E-state index contributed by atoms with van der Waals surface area (Å²) in [6.07, 6.45) is 4.14. The van der Waals surface area contributed by atoms with Crippen molar-refractivity contribution in [3.05, 3.63) is 36.3 Å². The van der Waals surface area contributed by atoms with Gasteiger partial charge in [-0.05, 0) is 32.9 Å². The topological polar surface area (TPSA) is 49.9 Å². The molecule has 1 amide bonds. The Morgan fingerprint density at radius 3 is 2.54 bits per heavy atom. The van der Waals surface area contributed by atoms with Gasteiger partial charge in [-0.1, -0.05) is 12.7 Å². The van der Waals surface area contributed by atoms with E-state index >= 15 is 0 Å². The number of hydrogen-bond acceptors (Lipinski definition) is 4. The van der Waals surface area contributed by atoms with Crippen molar-refractivity contribution in [1.82, 2.24) is 9.80 Å². The molecule has 6 heteroatoms. The van der Waals surface area contributed by atoms with Crippen molar-refractivity contribution >= 4 is 11.7 Å². The Morgan fingerprint density at radius 2 is 2.04 bits per heavy atom. The van der Waals surface area contributed by atoms with E-state index < -0.39 is 11.9 Å². The number of nitrogens with zero attached hydrogens (tertiary/aromatic N) is 2. The van der Waals surface area contributed by atoms with Crippen molar-refractivity contribution in [2.75, 3.05) is 26.7 Å². The Bertz CT molecular complexity index is 542. The van der Waals surface area contributed by atoms with E-state index in [0.29, 0.717) is 19.6 Å². The number of piperazine rings is 1. The van der Waals surface area contributed by atoms with Crippen LogP contribution in [0.3, 0.4) is 0 Å². The number of hydrogen-bond donors (Lipinski definition) is 0. The zero-order chi connectivity index (χ0) is 18.3. The molecule has 134 valence electrons. The van der Waals surface area contributed by atoms with Gasteiger partial charge in [0.15, 0.2) is 0 Å². The van der Waals surface area contributed by atoms with Crippen molar-refractivity contribution in [2.24, 2.45) is 0 Å². The number of allylic oxidation sites excluding steroid dienone is 5. The maximum absolute atomic E-state index is 12.6. The summed E-state index contributed by atoms with van der Waals surface area (Å²) in [6, 6.07) is 0.121. The highest BCUT2D eigenvalue weighted by molar-refractivity contribution is 5.87.